The van der Waals surface area contributed by atoms with Crippen molar-refractivity contribution in [3.05, 3.63) is 64.7 Å². The van der Waals surface area contributed by atoms with E-state index in [-0.39, 0.29) is 18.4 Å². The van der Waals surface area contributed by atoms with Crippen molar-refractivity contribution in [3.8, 4) is 0 Å². The minimum absolute atomic E-state index is 0.123. The lowest BCUT2D eigenvalue weighted by Gasteiger charge is -2.23. The van der Waals surface area contributed by atoms with E-state index in [9.17, 15) is 18.0 Å². The number of rotatable bonds is 7. The molecule has 1 amide bonds. The molecule has 0 saturated carbocycles. The summed E-state index contributed by atoms with van der Waals surface area (Å²) in [6.45, 7) is 2.86. The van der Waals surface area contributed by atoms with Crippen LogP contribution >= 0.6 is 11.6 Å². The average molecular weight is 409 g/mol. The first-order valence-electron chi connectivity index (χ1n) is 8.21. The minimum atomic E-state index is -3.68. The molecule has 0 saturated heterocycles. The van der Waals surface area contributed by atoms with Crippen molar-refractivity contribution in [1.82, 2.24) is 5.32 Å². The highest BCUT2D eigenvalue weighted by molar-refractivity contribution is 7.92. The lowest BCUT2D eigenvalue weighted by molar-refractivity contribution is -0.120. The second kappa shape index (κ2) is 8.54. The number of anilines is 1. The monoisotopic (exact) mass is 408 g/mol. The third-order valence-electron chi connectivity index (χ3n) is 4.00. The predicted octanol–water partition coefficient (Wildman–Crippen LogP) is 3.19. The van der Waals surface area contributed by atoms with Gasteiger partial charge in [0.25, 0.3) is 0 Å². The zero-order chi connectivity index (χ0) is 20.2. The van der Waals surface area contributed by atoms with E-state index < -0.39 is 15.9 Å². The predicted molar refractivity (Wildman–Crippen MR) is 107 cm³/mol. The van der Waals surface area contributed by atoms with Crippen molar-refractivity contribution in [1.29, 1.82) is 0 Å². The highest BCUT2D eigenvalue weighted by Gasteiger charge is 2.22. The topological polar surface area (TPSA) is 83.6 Å². The molecule has 0 aliphatic rings. The molecule has 8 heteroatoms. The van der Waals surface area contributed by atoms with Gasteiger partial charge < -0.3 is 5.32 Å². The van der Waals surface area contributed by atoms with Crippen molar-refractivity contribution in [2.24, 2.45) is 0 Å². The van der Waals surface area contributed by atoms with Crippen LogP contribution in [0.1, 0.15) is 35.8 Å². The van der Waals surface area contributed by atoms with Gasteiger partial charge in [0.1, 0.15) is 6.54 Å². The third-order valence-corrected chi connectivity index (χ3v) is 5.39. The highest BCUT2D eigenvalue weighted by Crippen LogP contribution is 2.19. The Morgan fingerprint density at radius 2 is 1.63 bits per heavy atom. The van der Waals surface area contributed by atoms with Crippen LogP contribution in [0, 0.1) is 0 Å². The summed E-state index contributed by atoms with van der Waals surface area (Å²) in [6, 6.07) is 12.8. The van der Waals surface area contributed by atoms with E-state index in [0.29, 0.717) is 16.3 Å². The van der Waals surface area contributed by atoms with Gasteiger partial charge in [-0.05, 0) is 55.8 Å². The van der Waals surface area contributed by atoms with E-state index in [4.69, 9.17) is 11.6 Å². The standard InChI is InChI=1S/C19H21ClN2O4S/c1-13(15-4-8-17(20)9-5-15)21-19(24)12-22(27(3,25)26)18-10-6-16(7-11-18)14(2)23/h4-11,13H,12H2,1-3H3,(H,21,24). The van der Waals surface area contributed by atoms with Crippen LogP contribution in [0.5, 0.6) is 0 Å². The molecule has 2 aromatic carbocycles. The number of nitrogens with one attached hydrogen (secondary N) is 1. The number of amides is 1. The zero-order valence-electron chi connectivity index (χ0n) is 15.3. The van der Waals surface area contributed by atoms with Gasteiger partial charge in [-0.25, -0.2) is 8.42 Å². The van der Waals surface area contributed by atoms with Crippen molar-refractivity contribution < 1.29 is 18.0 Å². The van der Waals surface area contributed by atoms with Gasteiger partial charge in [-0.3, -0.25) is 13.9 Å². The van der Waals surface area contributed by atoms with Crippen LogP contribution < -0.4 is 9.62 Å². The molecule has 27 heavy (non-hydrogen) atoms. The normalized spacial score (nSPS) is 12.3. The van der Waals surface area contributed by atoms with Crippen LogP contribution in [-0.2, 0) is 14.8 Å². The molecule has 0 heterocycles. The Morgan fingerprint density at radius 3 is 2.11 bits per heavy atom. The highest BCUT2D eigenvalue weighted by atomic mass is 35.5. The number of carbonyl (C=O) groups is 2. The number of sulfonamides is 1. The van der Waals surface area contributed by atoms with E-state index in [1.165, 1.54) is 31.2 Å². The molecule has 0 aliphatic heterocycles. The van der Waals surface area contributed by atoms with Gasteiger partial charge in [0.2, 0.25) is 15.9 Å². The Balaban J connectivity index is 2.14. The average Bonchev–Trinajstić information content (AvgIpc) is 2.59. The summed E-state index contributed by atoms with van der Waals surface area (Å²) < 4.78 is 25.3. The van der Waals surface area contributed by atoms with Gasteiger partial charge in [0, 0.05) is 10.6 Å². The lowest BCUT2D eigenvalue weighted by Crippen LogP contribution is -2.41. The first kappa shape index (κ1) is 20.9. The van der Waals surface area contributed by atoms with Gasteiger partial charge in [0.15, 0.2) is 5.78 Å². The van der Waals surface area contributed by atoms with E-state index in [2.05, 4.69) is 5.32 Å². The van der Waals surface area contributed by atoms with Gasteiger partial charge in [-0.2, -0.15) is 0 Å². The molecule has 1 N–H and O–H groups in total. The minimum Gasteiger partial charge on any atom is -0.348 e. The van der Waals surface area contributed by atoms with Crippen LogP contribution in [0.25, 0.3) is 0 Å². The van der Waals surface area contributed by atoms with Gasteiger partial charge in [-0.15, -0.1) is 0 Å². The van der Waals surface area contributed by atoms with Crippen LogP contribution in [0.2, 0.25) is 5.02 Å². The maximum absolute atomic E-state index is 12.4. The van der Waals surface area contributed by atoms with Gasteiger partial charge in [-0.1, -0.05) is 23.7 Å². The molecule has 1 atom stereocenters. The molecule has 0 radical (unpaired) electrons. The third kappa shape index (κ3) is 5.80. The molecule has 0 aliphatic carbocycles. The van der Waals surface area contributed by atoms with Crippen molar-refractivity contribution in [2.75, 3.05) is 17.1 Å². The largest absolute Gasteiger partial charge is 0.348 e. The Hall–Kier alpha value is -2.38. The smallest absolute Gasteiger partial charge is 0.241 e. The molecule has 2 aromatic rings. The molecular formula is C19H21ClN2O4S. The summed E-state index contributed by atoms with van der Waals surface area (Å²) in [5.74, 6) is -0.569. The molecule has 2 rings (SSSR count). The summed E-state index contributed by atoms with van der Waals surface area (Å²) in [6.07, 6.45) is 1.03. The van der Waals surface area contributed by atoms with E-state index in [0.717, 1.165) is 16.1 Å². The molecule has 6 nitrogen and oxygen atoms in total. The molecule has 0 fully saturated rings. The summed E-state index contributed by atoms with van der Waals surface area (Å²) in [5, 5.41) is 3.37. The van der Waals surface area contributed by atoms with Crippen LogP contribution in [-0.4, -0.2) is 32.9 Å². The van der Waals surface area contributed by atoms with Gasteiger partial charge >= 0.3 is 0 Å². The summed E-state index contributed by atoms with van der Waals surface area (Å²) in [7, 11) is -3.68. The summed E-state index contributed by atoms with van der Waals surface area (Å²) >= 11 is 5.86. The Bertz CT molecular complexity index is 925. The zero-order valence-corrected chi connectivity index (χ0v) is 16.8. The van der Waals surface area contributed by atoms with E-state index in [1.54, 1.807) is 31.2 Å². The number of hydrogen-bond donors (Lipinski definition) is 1. The second-order valence-electron chi connectivity index (χ2n) is 6.21. The van der Waals surface area contributed by atoms with Crippen molar-refractivity contribution in [3.63, 3.8) is 0 Å². The molecular weight excluding hydrogens is 388 g/mol. The van der Waals surface area contributed by atoms with Gasteiger partial charge in [0.05, 0.1) is 18.0 Å². The quantitative estimate of drug-likeness (QED) is 0.713. The lowest BCUT2D eigenvalue weighted by atomic mass is 10.1. The molecule has 144 valence electrons. The maximum atomic E-state index is 12.4. The molecule has 0 bridgehead atoms. The second-order valence-corrected chi connectivity index (χ2v) is 8.56. The SMILES string of the molecule is CC(=O)c1ccc(N(CC(=O)NC(C)c2ccc(Cl)cc2)S(C)(=O)=O)cc1. The molecule has 0 aromatic heterocycles. The molecule has 0 spiro atoms. The fraction of sp³-hybridized carbons (Fsp3) is 0.263. The first-order valence-corrected chi connectivity index (χ1v) is 10.4. The Kier molecular flexibility index (Phi) is 6.62. The number of carbonyl (C=O) groups excluding carboxylic acids is 2. The van der Waals surface area contributed by atoms with Crippen LogP contribution in [0.15, 0.2) is 48.5 Å². The number of nitrogens with zero attached hydrogens (tertiary/aromatic N) is 1. The van der Waals surface area contributed by atoms with Crippen molar-refractivity contribution >= 4 is 39.0 Å². The van der Waals surface area contributed by atoms with E-state index >= 15 is 0 Å². The number of Topliss-reactive ketones (excluding diaryl/α,β-unsaturated/α-hetero) is 1. The number of benzene rings is 2. The maximum Gasteiger partial charge on any atom is 0.241 e. The number of ketones is 1. The van der Waals surface area contributed by atoms with Crippen molar-refractivity contribution in [2.45, 2.75) is 19.9 Å². The molecule has 1 unspecified atom stereocenters. The Morgan fingerprint density at radius 1 is 1.07 bits per heavy atom. The fourth-order valence-electron chi connectivity index (χ4n) is 2.51. The first-order chi connectivity index (χ1) is 12.6. The summed E-state index contributed by atoms with van der Waals surface area (Å²) in [5.41, 5.74) is 1.63. The van der Waals surface area contributed by atoms with E-state index in [1.807, 2.05) is 0 Å². The fourth-order valence-corrected chi connectivity index (χ4v) is 3.50. The number of hydrogen-bond acceptors (Lipinski definition) is 4. The van der Waals surface area contributed by atoms with Crippen LogP contribution in [0.3, 0.4) is 0 Å². The Labute approximate surface area is 164 Å². The van der Waals surface area contributed by atoms with Crippen LogP contribution in [0.4, 0.5) is 5.69 Å². The number of halogens is 1. The summed E-state index contributed by atoms with van der Waals surface area (Å²) in [4.78, 5) is 23.8.